The van der Waals surface area contributed by atoms with Crippen LogP contribution in [0.1, 0.15) is 30.1 Å². The molecule has 1 saturated heterocycles. The van der Waals surface area contributed by atoms with Crippen molar-refractivity contribution in [3.05, 3.63) is 53.1 Å². The third kappa shape index (κ3) is 4.73. The van der Waals surface area contributed by atoms with Gasteiger partial charge in [-0.05, 0) is 43.1 Å². The molecule has 0 atom stereocenters. The molecule has 0 spiro atoms. The Morgan fingerprint density at radius 2 is 1.65 bits per heavy atom. The fraction of sp³-hybridized carbons (Fsp3) is 0.333. The number of hydrogen-bond acceptors (Lipinski definition) is 4. The number of rotatable bonds is 4. The number of halogens is 4. The minimum atomic E-state index is -1.88. The van der Waals surface area contributed by atoms with Crippen molar-refractivity contribution in [3.8, 4) is 5.75 Å². The molecule has 166 valence electrons. The van der Waals surface area contributed by atoms with Crippen molar-refractivity contribution in [3.63, 3.8) is 0 Å². The van der Waals surface area contributed by atoms with E-state index in [9.17, 15) is 22.4 Å². The molecule has 0 unspecified atom stereocenters. The van der Waals surface area contributed by atoms with Gasteiger partial charge in [0.15, 0.2) is 22.5 Å². The Balaban J connectivity index is 1.78. The highest BCUT2D eigenvalue weighted by Crippen LogP contribution is 2.31. The molecule has 1 amide bonds. The zero-order chi connectivity index (χ0) is 22.7. The first kappa shape index (κ1) is 22.8. The number of ether oxygens (including phenoxy) is 1. The minimum Gasteiger partial charge on any atom is -0.491 e. The number of para-hydroxylation sites is 2. The van der Waals surface area contributed by atoms with Crippen LogP contribution in [0.15, 0.2) is 24.3 Å². The lowest BCUT2D eigenvalue weighted by atomic mass is 9.98. The van der Waals surface area contributed by atoms with Crippen molar-refractivity contribution >= 4 is 34.6 Å². The van der Waals surface area contributed by atoms with Crippen molar-refractivity contribution in [1.29, 1.82) is 0 Å². The van der Waals surface area contributed by atoms with Crippen LogP contribution in [-0.4, -0.2) is 31.2 Å². The smallest absolute Gasteiger partial charge is 0.263 e. The summed E-state index contributed by atoms with van der Waals surface area (Å²) in [7, 11) is 0.847. The Bertz CT molecular complexity index is 981. The minimum absolute atomic E-state index is 0.279. The van der Waals surface area contributed by atoms with Crippen LogP contribution in [0.5, 0.6) is 5.75 Å². The van der Waals surface area contributed by atoms with Crippen molar-refractivity contribution in [2.45, 2.75) is 19.8 Å². The number of amides is 1. The van der Waals surface area contributed by atoms with Crippen molar-refractivity contribution in [1.82, 2.24) is 5.32 Å². The van der Waals surface area contributed by atoms with Gasteiger partial charge in [-0.25, -0.2) is 8.78 Å². The number of thiocarbonyl (C=S) groups is 1. The highest BCUT2D eigenvalue weighted by Gasteiger charge is 2.30. The third-order valence-corrected chi connectivity index (χ3v) is 5.36. The first-order valence-electron chi connectivity index (χ1n) is 9.60. The molecule has 1 aliphatic rings. The topological polar surface area (TPSA) is 53.6 Å². The van der Waals surface area contributed by atoms with E-state index < -0.39 is 40.5 Å². The summed E-state index contributed by atoms with van der Waals surface area (Å²) in [6.07, 6.45) is 2.06. The summed E-state index contributed by atoms with van der Waals surface area (Å²) in [5.41, 5.74) is -0.00135. The molecular weight excluding hydrogens is 434 g/mol. The van der Waals surface area contributed by atoms with Gasteiger partial charge in [-0.1, -0.05) is 19.1 Å². The van der Waals surface area contributed by atoms with Crippen LogP contribution in [0.3, 0.4) is 0 Å². The lowest BCUT2D eigenvalue weighted by Gasteiger charge is -2.33. The molecule has 0 aliphatic carbocycles. The van der Waals surface area contributed by atoms with E-state index in [1.807, 2.05) is 12.1 Å². The Labute approximate surface area is 182 Å². The number of piperidine rings is 1. The molecule has 31 heavy (non-hydrogen) atoms. The van der Waals surface area contributed by atoms with Crippen LogP contribution >= 0.6 is 12.2 Å². The summed E-state index contributed by atoms with van der Waals surface area (Å²) in [6.45, 7) is 3.88. The van der Waals surface area contributed by atoms with Crippen LogP contribution in [0.4, 0.5) is 28.9 Å². The average Bonchev–Trinajstić information content (AvgIpc) is 2.74. The molecule has 0 aromatic heterocycles. The highest BCUT2D eigenvalue weighted by atomic mass is 32.1. The Morgan fingerprint density at radius 1 is 1.06 bits per heavy atom. The van der Waals surface area contributed by atoms with Gasteiger partial charge in [0.05, 0.1) is 18.5 Å². The summed E-state index contributed by atoms with van der Waals surface area (Å²) >= 11 is 5.07. The maximum atomic E-state index is 14.2. The van der Waals surface area contributed by atoms with Gasteiger partial charge in [-0.2, -0.15) is 8.78 Å². The summed E-state index contributed by atoms with van der Waals surface area (Å²) in [5, 5.41) is 4.60. The van der Waals surface area contributed by atoms with Gasteiger partial charge in [-0.15, -0.1) is 0 Å². The molecule has 1 aliphatic heterocycles. The van der Waals surface area contributed by atoms with Gasteiger partial charge in [0.25, 0.3) is 5.91 Å². The molecular formula is C21H21F4N3O2S. The molecule has 0 radical (unpaired) electrons. The van der Waals surface area contributed by atoms with Crippen LogP contribution in [0.2, 0.25) is 0 Å². The van der Waals surface area contributed by atoms with E-state index in [4.69, 9.17) is 12.2 Å². The van der Waals surface area contributed by atoms with Crippen molar-refractivity contribution < 1.29 is 27.1 Å². The Morgan fingerprint density at radius 3 is 2.23 bits per heavy atom. The lowest BCUT2D eigenvalue weighted by molar-refractivity contribution is 0.0966. The predicted octanol–water partition coefficient (Wildman–Crippen LogP) is 4.61. The van der Waals surface area contributed by atoms with Gasteiger partial charge in [-0.3, -0.25) is 10.1 Å². The van der Waals surface area contributed by atoms with Gasteiger partial charge in [0.2, 0.25) is 11.6 Å². The van der Waals surface area contributed by atoms with Gasteiger partial charge >= 0.3 is 0 Å². The maximum Gasteiger partial charge on any atom is 0.263 e. The van der Waals surface area contributed by atoms with Crippen LogP contribution in [0, 0.1) is 29.2 Å². The Kier molecular flexibility index (Phi) is 6.99. The molecule has 3 rings (SSSR count). The normalized spacial score (nSPS) is 14.3. The molecule has 2 aromatic carbocycles. The van der Waals surface area contributed by atoms with Gasteiger partial charge in [0.1, 0.15) is 5.56 Å². The SMILES string of the molecule is COc1c(F)c(F)c(C(=O)NC(=S)Nc2ccccc2N2CCC(C)CC2)c(F)c1F. The molecule has 0 saturated carbocycles. The van der Waals surface area contributed by atoms with E-state index >= 15 is 0 Å². The number of carbonyl (C=O) groups is 1. The first-order valence-corrected chi connectivity index (χ1v) is 10.0. The summed E-state index contributed by atoms with van der Waals surface area (Å²) in [6, 6.07) is 7.24. The summed E-state index contributed by atoms with van der Waals surface area (Å²) < 4.78 is 60.4. The van der Waals surface area contributed by atoms with E-state index in [0.717, 1.165) is 38.7 Å². The lowest BCUT2D eigenvalue weighted by Crippen LogP contribution is -2.37. The van der Waals surface area contributed by atoms with E-state index in [-0.39, 0.29) is 5.11 Å². The molecule has 2 N–H and O–H groups in total. The van der Waals surface area contributed by atoms with E-state index in [0.29, 0.717) is 11.6 Å². The van der Waals surface area contributed by atoms with Crippen LogP contribution in [0.25, 0.3) is 0 Å². The third-order valence-electron chi connectivity index (χ3n) is 5.16. The van der Waals surface area contributed by atoms with E-state index in [1.54, 1.807) is 12.1 Å². The molecule has 10 heteroatoms. The van der Waals surface area contributed by atoms with Gasteiger partial charge < -0.3 is 15.0 Å². The zero-order valence-corrected chi connectivity index (χ0v) is 17.7. The van der Waals surface area contributed by atoms with Crippen LogP contribution < -0.4 is 20.3 Å². The fourth-order valence-electron chi connectivity index (χ4n) is 3.41. The maximum absolute atomic E-state index is 14.2. The average molecular weight is 455 g/mol. The monoisotopic (exact) mass is 455 g/mol. The van der Waals surface area contributed by atoms with Crippen LogP contribution in [-0.2, 0) is 0 Å². The number of nitrogens with zero attached hydrogens (tertiary/aromatic N) is 1. The number of benzene rings is 2. The quantitative estimate of drug-likeness (QED) is 0.401. The number of methoxy groups -OCH3 is 1. The fourth-order valence-corrected chi connectivity index (χ4v) is 3.62. The number of carbonyl (C=O) groups excluding carboxylic acids is 1. The molecule has 5 nitrogen and oxygen atoms in total. The largest absolute Gasteiger partial charge is 0.491 e. The molecule has 2 aromatic rings. The second kappa shape index (κ2) is 9.51. The number of anilines is 2. The van der Waals surface area contributed by atoms with Gasteiger partial charge in [0, 0.05) is 13.1 Å². The second-order valence-electron chi connectivity index (χ2n) is 7.26. The number of hydrogen-bond donors (Lipinski definition) is 2. The highest BCUT2D eigenvalue weighted by molar-refractivity contribution is 7.80. The van der Waals surface area contributed by atoms with E-state index in [2.05, 4.69) is 27.2 Å². The summed E-state index contributed by atoms with van der Waals surface area (Å²) in [4.78, 5) is 14.5. The Hall–Kier alpha value is -2.88. The molecule has 1 fully saturated rings. The first-order chi connectivity index (χ1) is 14.7. The van der Waals surface area contributed by atoms with Crippen molar-refractivity contribution in [2.24, 2.45) is 5.92 Å². The summed E-state index contributed by atoms with van der Waals surface area (Å²) in [5.74, 6) is -9.43. The standard InChI is InChI=1S/C21H21F4N3O2S/c1-11-7-9-28(10-8-11)13-6-4-3-5-12(13)26-21(31)27-20(29)14-15(22)17(24)19(30-2)18(25)16(14)23/h3-6,11H,7-10H2,1-2H3,(H2,26,27,29,31). The number of nitrogens with one attached hydrogen (secondary N) is 2. The molecule has 0 bridgehead atoms. The molecule has 1 heterocycles. The van der Waals surface area contributed by atoms with Crippen molar-refractivity contribution in [2.75, 3.05) is 30.4 Å². The zero-order valence-electron chi connectivity index (χ0n) is 16.9. The van der Waals surface area contributed by atoms with E-state index in [1.165, 1.54) is 0 Å². The predicted molar refractivity (Wildman–Crippen MR) is 114 cm³/mol. The second-order valence-corrected chi connectivity index (χ2v) is 7.67.